The van der Waals surface area contributed by atoms with Crippen molar-refractivity contribution in [2.45, 2.75) is 111 Å². The van der Waals surface area contributed by atoms with E-state index >= 15 is 0 Å². The van der Waals surface area contributed by atoms with E-state index in [1.807, 2.05) is 0 Å². The fourth-order valence-corrected chi connectivity index (χ4v) is 2.79. The quantitative estimate of drug-likeness (QED) is 0.289. The molecule has 0 heterocycles. The second-order valence-corrected chi connectivity index (χ2v) is 6.22. The van der Waals surface area contributed by atoms with Crippen molar-refractivity contribution in [2.75, 3.05) is 0 Å². The largest absolute Gasteiger partial charge is 0.0654 e. The number of hydrogen-bond donors (Lipinski definition) is 0. The van der Waals surface area contributed by atoms with Crippen molar-refractivity contribution in [3.8, 4) is 0 Å². The Morgan fingerprint density at radius 3 is 1.39 bits per heavy atom. The molecule has 0 nitrogen and oxygen atoms in total. The Balaban J connectivity index is 2.98. The van der Waals surface area contributed by atoms with Crippen LogP contribution in [0.4, 0.5) is 0 Å². The molecule has 0 aromatic rings. The Morgan fingerprint density at radius 2 is 0.944 bits per heavy atom. The van der Waals surface area contributed by atoms with E-state index in [2.05, 4.69) is 20.8 Å². The van der Waals surface area contributed by atoms with Crippen LogP contribution in [0.15, 0.2) is 0 Å². The lowest BCUT2D eigenvalue weighted by molar-refractivity contribution is 0.450. The number of unbranched alkanes of at least 4 members (excludes halogenated alkanes) is 10. The molecule has 0 saturated heterocycles. The summed E-state index contributed by atoms with van der Waals surface area (Å²) >= 11 is 0. The Hall–Kier alpha value is 0. The summed E-state index contributed by atoms with van der Waals surface area (Å²) in [6.45, 7) is 7.01. The highest BCUT2D eigenvalue weighted by molar-refractivity contribution is 4.53. The van der Waals surface area contributed by atoms with Gasteiger partial charge in [0, 0.05) is 0 Å². The van der Waals surface area contributed by atoms with E-state index in [9.17, 15) is 0 Å². The van der Waals surface area contributed by atoms with Gasteiger partial charge in [-0.25, -0.2) is 0 Å². The first-order valence-electron chi connectivity index (χ1n) is 8.81. The van der Waals surface area contributed by atoms with E-state index < -0.39 is 0 Å². The topological polar surface area (TPSA) is 0 Å². The van der Waals surface area contributed by atoms with Crippen molar-refractivity contribution < 1.29 is 0 Å². The van der Waals surface area contributed by atoms with Gasteiger partial charge in [-0.05, 0) is 5.92 Å². The maximum Gasteiger partial charge on any atom is -0.0443 e. The lowest BCUT2D eigenvalue weighted by atomic mass is 9.98. The molecule has 1 atom stereocenters. The Morgan fingerprint density at radius 1 is 0.500 bits per heavy atom. The van der Waals surface area contributed by atoms with Gasteiger partial charge in [0.05, 0.1) is 0 Å². The smallest absolute Gasteiger partial charge is 0.0443 e. The Labute approximate surface area is 117 Å². The maximum atomic E-state index is 2.42. The summed E-state index contributed by atoms with van der Waals surface area (Å²) in [5.41, 5.74) is 0. The van der Waals surface area contributed by atoms with Crippen LogP contribution >= 0.6 is 0 Å². The molecule has 0 saturated carbocycles. The molecule has 0 fully saturated rings. The highest BCUT2D eigenvalue weighted by Gasteiger charge is 1.99. The molecule has 0 bridgehead atoms. The second kappa shape index (κ2) is 15.1. The SMILES string of the molecule is CCCCCCCCCCCCCC(C)CCC. The zero-order valence-electron chi connectivity index (χ0n) is 13.5. The van der Waals surface area contributed by atoms with E-state index in [0.717, 1.165) is 5.92 Å². The van der Waals surface area contributed by atoms with Crippen LogP contribution in [0.2, 0.25) is 0 Å². The normalized spacial score (nSPS) is 12.8. The number of hydrogen-bond acceptors (Lipinski definition) is 0. The van der Waals surface area contributed by atoms with Gasteiger partial charge in [0.25, 0.3) is 0 Å². The van der Waals surface area contributed by atoms with Crippen molar-refractivity contribution in [1.29, 1.82) is 0 Å². The monoisotopic (exact) mass is 254 g/mol. The van der Waals surface area contributed by atoms with Crippen LogP contribution in [-0.2, 0) is 0 Å². The van der Waals surface area contributed by atoms with Gasteiger partial charge in [0.2, 0.25) is 0 Å². The van der Waals surface area contributed by atoms with Crippen molar-refractivity contribution in [1.82, 2.24) is 0 Å². The molecule has 18 heavy (non-hydrogen) atoms. The lowest BCUT2D eigenvalue weighted by Gasteiger charge is -2.09. The van der Waals surface area contributed by atoms with Gasteiger partial charge in [-0.2, -0.15) is 0 Å². The summed E-state index contributed by atoms with van der Waals surface area (Å²) in [6.07, 6.45) is 20.4. The molecule has 0 aliphatic rings. The zero-order valence-corrected chi connectivity index (χ0v) is 13.5. The summed E-state index contributed by atoms with van der Waals surface area (Å²) in [6, 6.07) is 0. The molecule has 0 amide bonds. The molecule has 0 aromatic heterocycles. The van der Waals surface area contributed by atoms with E-state index in [1.165, 1.54) is 89.9 Å². The summed E-state index contributed by atoms with van der Waals surface area (Å²) < 4.78 is 0. The summed E-state index contributed by atoms with van der Waals surface area (Å²) in [4.78, 5) is 0. The van der Waals surface area contributed by atoms with Gasteiger partial charge >= 0.3 is 0 Å². The van der Waals surface area contributed by atoms with Crippen molar-refractivity contribution >= 4 is 0 Å². The highest BCUT2D eigenvalue weighted by atomic mass is 14.1. The molecule has 0 aliphatic carbocycles. The van der Waals surface area contributed by atoms with Crippen LogP contribution in [0.5, 0.6) is 0 Å². The summed E-state index contributed by atoms with van der Waals surface area (Å²) in [7, 11) is 0. The van der Waals surface area contributed by atoms with Gasteiger partial charge < -0.3 is 0 Å². The average Bonchev–Trinajstić information content (AvgIpc) is 2.36. The minimum atomic E-state index is 0.966. The van der Waals surface area contributed by atoms with Crippen molar-refractivity contribution in [3.63, 3.8) is 0 Å². The number of rotatable bonds is 14. The van der Waals surface area contributed by atoms with Crippen LogP contribution in [-0.4, -0.2) is 0 Å². The predicted molar refractivity (Wildman–Crippen MR) is 85.2 cm³/mol. The molecule has 0 spiro atoms. The van der Waals surface area contributed by atoms with E-state index in [0.29, 0.717) is 0 Å². The van der Waals surface area contributed by atoms with Gasteiger partial charge in [-0.15, -0.1) is 0 Å². The standard InChI is InChI=1S/C18H38/c1-4-6-7-8-9-10-11-12-13-14-15-17-18(3)16-5-2/h18H,4-17H2,1-3H3. The molecule has 110 valence electrons. The summed E-state index contributed by atoms with van der Waals surface area (Å²) in [5.74, 6) is 0.966. The first kappa shape index (κ1) is 18.0. The van der Waals surface area contributed by atoms with Crippen LogP contribution in [0.3, 0.4) is 0 Å². The van der Waals surface area contributed by atoms with Gasteiger partial charge in [0.1, 0.15) is 0 Å². The fourth-order valence-electron chi connectivity index (χ4n) is 2.79. The van der Waals surface area contributed by atoms with Gasteiger partial charge in [-0.3, -0.25) is 0 Å². The molecule has 1 unspecified atom stereocenters. The van der Waals surface area contributed by atoms with Gasteiger partial charge in [-0.1, -0.05) is 111 Å². The third-order valence-corrected chi connectivity index (χ3v) is 4.08. The van der Waals surface area contributed by atoms with E-state index in [-0.39, 0.29) is 0 Å². The molecular weight excluding hydrogens is 216 g/mol. The van der Waals surface area contributed by atoms with Crippen LogP contribution in [0.1, 0.15) is 111 Å². The van der Waals surface area contributed by atoms with E-state index in [1.54, 1.807) is 0 Å². The highest BCUT2D eigenvalue weighted by Crippen LogP contribution is 2.16. The van der Waals surface area contributed by atoms with E-state index in [4.69, 9.17) is 0 Å². The molecule has 0 N–H and O–H groups in total. The minimum Gasteiger partial charge on any atom is -0.0654 e. The molecule has 0 rings (SSSR count). The maximum absolute atomic E-state index is 2.42. The minimum absolute atomic E-state index is 0.966. The van der Waals surface area contributed by atoms with Crippen molar-refractivity contribution in [3.05, 3.63) is 0 Å². The second-order valence-electron chi connectivity index (χ2n) is 6.22. The van der Waals surface area contributed by atoms with Crippen LogP contribution in [0.25, 0.3) is 0 Å². The third kappa shape index (κ3) is 14.1. The lowest BCUT2D eigenvalue weighted by Crippen LogP contribution is -1.93. The van der Waals surface area contributed by atoms with Crippen molar-refractivity contribution in [2.24, 2.45) is 5.92 Å². The van der Waals surface area contributed by atoms with Crippen LogP contribution < -0.4 is 0 Å². The van der Waals surface area contributed by atoms with Gasteiger partial charge in [0.15, 0.2) is 0 Å². The van der Waals surface area contributed by atoms with Crippen LogP contribution in [0, 0.1) is 5.92 Å². The predicted octanol–water partition coefficient (Wildman–Crippen LogP) is 7.12. The molecule has 0 heteroatoms. The Bertz CT molecular complexity index is 139. The molecule has 0 aliphatic heterocycles. The Kier molecular flexibility index (Phi) is 15.1. The first-order valence-corrected chi connectivity index (χ1v) is 8.81. The zero-order chi connectivity index (χ0) is 13.5. The average molecular weight is 255 g/mol. The molecular formula is C18H38. The third-order valence-electron chi connectivity index (χ3n) is 4.08. The fraction of sp³-hybridized carbons (Fsp3) is 1.00. The molecule has 0 aromatic carbocycles. The molecule has 0 radical (unpaired) electrons. The first-order chi connectivity index (χ1) is 8.81. The summed E-state index contributed by atoms with van der Waals surface area (Å²) in [5, 5.41) is 0.